The molecule has 0 bridgehead atoms. The smallest absolute Gasteiger partial charge is 0.342 e. The van der Waals surface area contributed by atoms with Crippen molar-refractivity contribution < 1.29 is 14.6 Å². The lowest BCUT2D eigenvalue weighted by molar-refractivity contribution is -0.158. The fourth-order valence-corrected chi connectivity index (χ4v) is 1.96. The Morgan fingerprint density at radius 3 is 2.24 bits per heavy atom. The maximum absolute atomic E-state index is 11.7. The van der Waals surface area contributed by atoms with Crippen molar-refractivity contribution in [3.05, 3.63) is 17.4 Å². The summed E-state index contributed by atoms with van der Waals surface area (Å²) in [6.07, 6.45) is 7.14. The van der Waals surface area contributed by atoms with E-state index in [1.807, 2.05) is 0 Å². The van der Waals surface area contributed by atoms with E-state index in [9.17, 15) is 9.90 Å². The normalized spacial score (nSPS) is 14.0. The Balaban J connectivity index is 5.05. The molecule has 0 spiro atoms. The topological polar surface area (TPSA) is 46.5 Å². The van der Waals surface area contributed by atoms with Crippen LogP contribution in [0.2, 0.25) is 0 Å². The Bertz CT molecular complexity index is 380. The highest BCUT2D eigenvalue weighted by atomic mass is 16.5. The Morgan fingerprint density at radius 2 is 1.76 bits per heavy atom. The molecule has 0 radical (unpaired) electrons. The minimum atomic E-state index is -1.62. The fourth-order valence-electron chi connectivity index (χ4n) is 1.96. The molecule has 0 saturated heterocycles. The summed E-state index contributed by atoms with van der Waals surface area (Å²) >= 11 is 0. The van der Waals surface area contributed by atoms with Gasteiger partial charge in [-0.05, 0) is 37.7 Å². The molecule has 0 aliphatic heterocycles. The third kappa shape index (κ3) is 8.08. The molecule has 0 aliphatic rings. The van der Waals surface area contributed by atoms with E-state index in [2.05, 4.69) is 33.4 Å². The number of hydrogen-bond acceptors (Lipinski definition) is 3. The molecule has 0 aliphatic carbocycles. The highest BCUT2D eigenvalue weighted by Gasteiger charge is 2.29. The Kier molecular flexibility index (Phi) is 8.61. The van der Waals surface area contributed by atoms with Gasteiger partial charge in [-0.3, -0.25) is 0 Å². The summed E-state index contributed by atoms with van der Waals surface area (Å²) in [5, 5.41) is 10.1. The van der Waals surface area contributed by atoms with Crippen LogP contribution in [0.25, 0.3) is 0 Å². The molecule has 0 unspecified atom stereocenters. The van der Waals surface area contributed by atoms with Crippen molar-refractivity contribution in [3.8, 4) is 0 Å². The van der Waals surface area contributed by atoms with Crippen LogP contribution in [-0.4, -0.2) is 23.3 Å². The van der Waals surface area contributed by atoms with Crippen LogP contribution in [-0.2, 0) is 9.53 Å². The van der Waals surface area contributed by atoms with E-state index in [1.54, 1.807) is 6.92 Å². The van der Waals surface area contributed by atoms with Gasteiger partial charge >= 0.3 is 5.97 Å². The van der Waals surface area contributed by atoms with Gasteiger partial charge in [0, 0.05) is 6.08 Å². The zero-order chi connectivity index (χ0) is 16.5. The number of carbonyl (C=O) groups is 1. The van der Waals surface area contributed by atoms with Gasteiger partial charge in [0.05, 0.1) is 6.61 Å². The van der Waals surface area contributed by atoms with E-state index in [0.29, 0.717) is 0 Å². The van der Waals surface area contributed by atoms with Crippen LogP contribution in [0.4, 0.5) is 0 Å². The monoisotopic (exact) mass is 296 g/mol. The first-order valence-corrected chi connectivity index (χ1v) is 8.02. The molecule has 3 heteroatoms. The van der Waals surface area contributed by atoms with Crippen molar-refractivity contribution >= 4 is 5.97 Å². The number of carbonyl (C=O) groups excluding carboxylic acids is 1. The Morgan fingerprint density at radius 1 is 1.14 bits per heavy atom. The highest BCUT2D eigenvalue weighted by molar-refractivity contribution is 5.81. The summed E-state index contributed by atoms with van der Waals surface area (Å²) in [6, 6.07) is 0. The van der Waals surface area contributed by atoms with Crippen molar-refractivity contribution in [1.29, 1.82) is 0 Å². The van der Waals surface area contributed by atoms with Gasteiger partial charge in [-0.1, -0.05) is 47.0 Å². The molecular formula is C18H32O3. The average molecular weight is 296 g/mol. The van der Waals surface area contributed by atoms with Gasteiger partial charge < -0.3 is 9.84 Å². The predicted molar refractivity (Wildman–Crippen MR) is 87.1 cm³/mol. The third-order valence-electron chi connectivity index (χ3n) is 3.40. The molecule has 0 aromatic carbocycles. The first-order valence-electron chi connectivity index (χ1n) is 8.02. The molecule has 0 rings (SSSR count). The maximum Gasteiger partial charge on any atom is 0.342 e. The van der Waals surface area contributed by atoms with E-state index >= 15 is 0 Å². The first-order chi connectivity index (χ1) is 9.65. The van der Waals surface area contributed by atoms with Gasteiger partial charge in [0.25, 0.3) is 0 Å². The molecule has 0 amide bonds. The molecule has 0 aromatic heterocycles. The highest BCUT2D eigenvalue weighted by Crippen LogP contribution is 2.29. The van der Waals surface area contributed by atoms with Gasteiger partial charge in [-0.15, -0.1) is 5.73 Å². The van der Waals surface area contributed by atoms with Crippen LogP contribution >= 0.6 is 0 Å². The van der Waals surface area contributed by atoms with Crippen molar-refractivity contribution in [2.75, 3.05) is 6.61 Å². The van der Waals surface area contributed by atoms with Crippen LogP contribution < -0.4 is 0 Å². The third-order valence-corrected chi connectivity index (χ3v) is 3.40. The quantitative estimate of drug-likeness (QED) is 0.410. The van der Waals surface area contributed by atoms with Gasteiger partial charge in [0.2, 0.25) is 0 Å². The van der Waals surface area contributed by atoms with Gasteiger partial charge in [-0.2, -0.15) is 0 Å². The van der Waals surface area contributed by atoms with E-state index in [4.69, 9.17) is 4.74 Å². The standard InChI is InChI=1S/C18H32O3/c1-7-9-10-11-12-15(17(3,4)5)13-14-18(6,20)16(19)21-8-2/h14,20H,7-12H2,1-6H3/t13?,18-/m0/s1. The van der Waals surface area contributed by atoms with Crippen molar-refractivity contribution in [2.24, 2.45) is 5.41 Å². The number of rotatable bonds is 8. The first kappa shape index (κ1) is 19.9. The molecule has 21 heavy (non-hydrogen) atoms. The average Bonchev–Trinajstić information content (AvgIpc) is 2.36. The molecule has 1 N–H and O–H groups in total. The van der Waals surface area contributed by atoms with Crippen LogP contribution in [0.1, 0.15) is 73.6 Å². The lowest BCUT2D eigenvalue weighted by Gasteiger charge is -2.22. The van der Waals surface area contributed by atoms with Crippen LogP contribution in [0.3, 0.4) is 0 Å². The zero-order valence-corrected chi connectivity index (χ0v) is 14.6. The molecule has 0 fully saturated rings. The number of ether oxygens (including phenoxy) is 1. The maximum atomic E-state index is 11.7. The van der Waals surface area contributed by atoms with E-state index in [1.165, 1.54) is 32.3 Å². The summed E-state index contributed by atoms with van der Waals surface area (Å²) in [5.74, 6) is -0.628. The second-order valence-electron chi connectivity index (χ2n) is 6.70. The predicted octanol–water partition coefficient (Wildman–Crippen LogP) is 4.40. The van der Waals surface area contributed by atoms with E-state index in [-0.39, 0.29) is 12.0 Å². The van der Waals surface area contributed by atoms with Gasteiger partial charge in [-0.25, -0.2) is 4.79 Å². The largest absolute Gasteiger partial charge is 0.464 e. The number of aliphatic hydroxyl groups is 1. The fraction of sp³-hybridized carbons (Fsp3) is 0.778. The van der Waals surface area contributed by atoms with Crippen molar-refractivity contribution in [2.45, 2.75) is 79.2 Å². The lowest BCUT2D eigenvalue weighted by Crippen LogP contribution is -2.34. The molecule has 0 saturated carbocycles. The summed E-state index contributed by atoms with van der Waals surface area (Å²) in [4.78, 5) is 11.7. The molecule has 1 atom stereocenters. The van der Waals surface area contributed by atoms with Crippen LogP contribution in [0.5, 0.6) is 0 Å². The minimum absolute atomic E-state index is 0.0204. The van der Waals surface area contributed by atoms with E-state index in [0.717, 1.165) is 18.4 Å². The Labute approximate surface area is 130 Å². The van der Waals surface area contributed by atoms with Gasteiger partial charge in [0.1, 0.15) is 0 Å². The molecule has 0 aromatic rings. The summed E-state index contributed by atoms with van der Waals surface area (Å²) in [6.45, 7) is 12.0. The summed E-state index contributed by atoms with van der Waals surface area (Å²) in [5.41, 5.74) is 2.65. The lowest BCUT2D eigenvalue weighted by atomic mass is 9.83. The zero-order valence-electron chi connectivity index (χ0n) is 14.6. The summed E-state index contributed by atoms with van der Waals surface area (Å²) in [7, 11) is 0. The number of unbranched alkanes of at least 4 members (excludes halogenated alkanes) is 3. The SMILES string of the molecule is CCCCCCC(=C=C[C@](C)(O)C(=O)OCC)C(C)(C)C. The van der Waals surface area contributed by atoms with Crippen molar-refractivity contribution in [3.63, 3.8) is 0 Å². The van der Waals surface area contributed by atoms with Crippen LogP contribution in [0, 0.1) is 5.41 Å². The molecule has 0 heterocycles. The molecule has 3 nitrogen and oxygen atoms in total. The Hall–Kier alpha value is -1.05. The number of esters is 1. The van der Waals surface area contributed by atoms with E-state index < -0.39 is 11.6 Å². The van der Waals surface area contributed by atoms with Gasteiger partial charge in [0.15, 0.2) is 5.60 Å². The second-order valence-corrected chi connectivity index (χ2v) is 6.70. The van der Waals surface area contributed by atoms with Crippen molar-refractivity contribution in [1.82, 2.24) is 0 Å². The number of hydrogen-bond donors (Lipinski definition) is 1. The molecular weight excluding hydrogens is 264 g/mol. The second kappa shape index (κ2) is 9.07. The minimum Gasteiger partial charge on any atom is -0.464 e. The van der Waals surface area contributed by atoms with Crippen LogP contribution in [0.15, 0.2) is 17.4 Å². The molecule has 122 valence electrons. The summed E-state index contributed by atoms with van der Waals surface area (Å²) < 4.78 is 4.87.